The zero-order valence-corrected chi connectivity index (χ0v) is 16.2. The minimum absolute atomic E-state index is 0.0700. The van der Waals surface area contributed by atoms with Crippen molar-refractivity contribution < 1.29 is 9.34 Å². The lowest BCUT2D eigenvalue weighted by Crippen LogP contribution is -2.08. The largest absolute Gasteiger partial charge is 0.467 e. The maximum Gasteiger partial charge on any atom is 0.353 e. The molecule has 2 aromatic heterocycles. The Morgan fingerprint density at radius 3 is 2.29 bits per heavy atom. The molecule has 2 heterocycles. The van der Waals surface area contributed by atoms with Gasteiger partial charge in [-0.1, -0.05) is 18.2 Å². The molecule has 0 aliphatic heterocycles. The Labute approximate surface area is 176 Å². The average molecular weight is 415 g/mol. The number of hydrogen-bond acceptors (Lipinski definition) is 9. The third kappa shape index (κ3) is 5.07. The van der Waals surface area contributed by atoms with Gasteiger partial charge in [-0.3, -0.25) is 10.1 Å². The molecule has 0 fully saturated rings. The molecule has 2 N–H and O–H groups in total. The lowest BCUT2D eigenvalue weighted by molar-refractivity contribution is -0.383. The SMILES string of the molecule is O=[N+]([O-])c1c(NCc2ccco2)ncnc1Nc1ccc(N=Nc2ccccc2)cc1. The van der Waals surface area contributed by atoms with Gasteiger partial charge in [0.05, 0.1) is 29.1 Å². The highest BCUT2D eigenvalue weighted by molar-refractivity contribution is 5.74. The van der Waals surface area contributed by atoms with Crippen molar-refractivity contribution in [3.63, 3.8) is 0 Å². The van der Waals surface area contributed by atoms with E-state index in [1.807, 2.05) is 30.3 Å². The normalized spacial score (nSPS) is 10.8. The molecule has 0 saturated heterocycles. The molecule has 0 spiro atoms. The summed E-state index contributed by atoms with van der Waals surface area (Å²) in [6.07, 6.45) is 2.78. The van der Waals surface area contributed by atoms with Crippen molar-refractivity contribution in [3.8, 4) is 0 Å². The summed E-state index contributed by atoms with van der Waals surface area (Å²) >= 11 is 0. The maximum absolute atomic E-state index is 11.7. The smallest absolute Gasteiger partial charge is 0.353 e. The Bertz CT molecular complexity index is 1180. The predicted molar refractivity (Wildman–Crippen MR) is 115 cm³/mol. The Morgan fingerprint density at radius 1 is 0.903 bits per heavy atom. The molecule has 0 aliphatic rings. The van der Waals surface area contributed by atoms with Gasteiger partial charge < -0.3 is 15.1 Å². The van der Waals surface area contributed by atoms with E-state index >= 15 is 0 Å². The first-order chi connectivity index (χ1) is 15.2. The van der Waals surface area contributed by atoms with Gasteiger partial charge in [-0.2, -0.15) is 10.2 Å². The number of anilines is 3. The van der Waals surface area contributed by atoms with Crippen molar-refractivity contribution in [3.05, 3.63) is 95.2 Å². The Kier molecular flexibility index (Phi) is 5.89. The van der Waals surface area contributed by atoms with Gasteiger partial charge in [-0.05, 0) is 48.5 Å². The van der Waals surface area contributed by atoms with Crippen LogP contribution in [0.25, 0.3) is 0 Å². The van der Waals surface area contributed by atoms with E-state index in [2.05, 4.69) is 30.8 Å². The van der Waals surface area contributed by atoms with E-state index in [0.717, 1.165) is 5.69 Å². The highest BCUT2D eigenvalue weighted by Gasteiger charge is 2.23. The standard InChI is InChI=1S/C21H17N7O3/c29-28(30)19-20(22-13-18-7-4-12-31-18)23-14-24-21(19)25-15-8-10-17(11-9-15)27-26-16-5-2-1-3-6-16/h1-12,14H,13H2,(H2,22,23,24,25). The molecular weight excluding hydrogens is 398 g/mol. The van der Waals surface area contributed by atoms with Crippen molar-refractivity contribution in [1.82, 2.24) is 9.97 Å². The molecule has 31 heavy (non-hydrogen) atoms. The zero-order valence-electron chi connectivity index (χ0n) is 16.2. The summed E-state index contributed by atoms with van der Waals surface area (Å²) in [4.78, 5) is 19.2. The van der Waals surface area contributed by atoms with Crippen LogP contribution in [-0.2, 0) is 6.54 Å². The summed E-state index contributed by atoms with van der Waals surface area (Å²) in [5, 5.41) is 25.9. The van der Waals surface area contributed by atoms with Gasteiger partial charge in [0.2, 0.25) is 11.6 Å². The van der Waals surface area contributed by atoms with Crippen molar-refractivity contribution in [2.45, 2.75) is 6.54 Å². The fourth-order valence-electron chi connectivity index (χ4n) is 2.71. The minimum atomic E-state index is -0.532. The van der Waals surface area contributed by atoms with Crippen LogP contribution in [0.2, 0.25) is 0 Å². The van der Waals surface area contributed by atoms with Crippen LogP contribution in [0.1, 0.15) is 5.76 Å². The molecule has 0 amide bonds. The summed E-state index contributed by atoms with van der Waals surface area (Å²) in [7, 11) is 0. The summed E-state index contributed by atoms with van der Waals surface area (Å²) in [6, 6.07) is 19.8. The van der Waals surface area contributed by atoms with Crippen LogP contribution in [0.5, 0.6) is 0 Å². The number of furan rings is 1. The number of nitrogens with zero attached hydrogens (tertiary/aromatic N) is 5. The van der Waals surface area contributed by atoms with E-state index in [4.69, 9.17) is 4.42 Å². The van der Waals surface area contributed by atoms with E-state index < -0.39 is 4.92 Å². The molecule has 10 heteroatoms. The highest BCUT2D eigenvalue weighted by atomic mass is 16.6. The molecule has 10 nitrogen and oxygen atoms in total. The van der Waals surface area contributed by atoms with E-state index in [0.29, 0.717) is 17.1 Å². The van der Waals surface area contributed by atoms with Crippen LogP contribution in [-0.4, -0.2) is 14.9 Å². The van der Waals surface area contributed by atoms with Gasteiger partial charge in [0.1, 0.15) is 12.1 Å². The first-order valence-electron chi connectivity index (χ1n) is 9.28. The Balaban J connectivity index is 1.50. The molecule has 0 radical (unpaired) electrons. The maximum atomic E-state index is 11.7. The number of nitrogens with one attached hydrogen (secondary N) is 2. The average Bonchev–Trinajstić information content (AvgIpc) is 3.31. The molecule has 0 saturated carbocycles. The van der Waals surface area contributed by atoms with Crippen LogP contribution in [0, 0.1) is 10.1 Å². The van der Waals surface area contributed by atoms with Gasteiger partial charge in [0, 0.05) is 5.69 Å². The molecule has 4 aromatic rings. The van der Waals surface area contributed by atoms with Crippen LogP contribution in [0.15, 0.2) is 94.0 Å². The van der Waals surface area contributed by atoms with Crippen LogP contribution in [0.4, 0.5) is 34.4 Å². The van der Waals surface area contributed by atoms with Crippen molar-refractivity contribution in [2.24, 2.45) is 10.2 Å². The topological polar surface area (TPSA) is 131 Å². The lowest BCUT2D eigenvalue weighted by atomic mass is 10.3. The van der Waals surface area contributed by atoms with E-state index in [-0.39, 0.29) is 23.9 Å². The molecular formula is C21H17N7O3. The Morgan fingerprint density at radius 2 is 1.61 bits per heavy atom. The van der Waals surface area contributed by atoms with Crippen LogP contribution in [0.3, 0.4) is 0 Å². The first kappa shape index (κ1) is 19.7. The fraction of sp³-hybridized carbons (Fsp3) is 0.0476. The zero-order chi connectivity index (χ0) is 21.5. The van der Waals surface area contributed by atoms with Gasteiger partial charge in [0.15, 0.2) is 0 Å². The van der Waals surface area contributed by atoms with E-state index in [1.54, 1.807) is 36.4 Å². The third-order valence-electron chi connectivity index (χ3n) is 4.18. The molecule has 0 unspecified atom stereocenters. The summed E-state index contributed by atoms with van der Waals surface area (Å²) in [6.45, 7) is 0.255. The monoisotopic (exact) mass is 415 g/mol. The first-order valence-corrected chi connectivity index (χ1v) is 9.28. The number of azo groups is 1. The molecule has 4 rings (SSSR count). The second-order valence-corrected chi connectivity index (χ2v) is 6.32. The summed E-state index contributed by atoms with van der Waals surface area (Å²) in [5.41, 5.74) is 1.74. The van der Waals surface area contributed by atoms with Gasteiger partial charge in [-0.25, -0.2) is 9.97 Å². The Hall–Kier alpha value is -4.60. The molecule has 0 atom stereocenters. The van der Waals surface area contributed by atoms with E-state index in [1.165, 1.54) is 12.6 Å². The number of benzene rings is 2. The molecule has 0 bridgehead atoms. The minimum Gasteiger partial charge on any atom is -0.467 e. The van der Waals surface area contributed by atoms with Crippen molar-refractivity contribution in [2.75, 3.05) is 10.6 Å². The number of hydrogen-bond donors (Lipinski definition) is 2. The number of nitro groups is 1. The predicted octanol–water partition coefficient (Wildman–Crippen LogP) is 5.75. The lowest BCUT2D eigenvalue weighted by Gasteiger charge is -2.09. The highest BCUT2D eigenvalue weighted by Crippen LogP contribution is 2.32. The summed E-state index contributed by atoms with van der Waals surface area (Å²) < 4.78 is 5.23. The second kappa shape index (κ2) is 9.27. The molecule has 154 valence electrons. The van der Waals surface area contributed by atoms with Crippen LogP contribution >= 0.6 is 0 Å². The van der Waals surface area contributed by atoms with Crippen molar-refractivity contribution in [1.29, 1.82) is 0 Å². The van der Waals surface area contributed by atoms with Crippen molar-refractivity contribution >= 4 is 34.4 Å². The van der Waals surface area contributed by atoms with E-state index in [9.17, 15) is 10.1 Å². The second-order valence-electron chi connectivity index (χ2n) is 6.32. The fourth-order valence-corrected chi connectivity index (χ4v) is 2.71. The molecule has 2 aromatic carbocycles. The van der Waals surface area contributed by atoms with Gasteiger partial charge in [-0.15, -0.1) is 0 Å². The number of aromatic nitrogens is 2. The van der Waals surface area contributed by atoms with Gasteiger partial charge in [0.25, 0.3) is 0 Å². The molecule has 0 aliphatic carbocycles. The van der Waals surface area contributed by atoms with Crippen LogP contribution < -0.4 is 10.6 Å². The quantitative estimate of drug-likeness (QED) is 0.213. The van der Waals surface area contributed by atoms with Gasteiger partial charge >= 0.3 is 5.69 Å². The summed E-state index contributed by atoms with van der Waals surface area (Å²) in [5.74, 6) is 0.787. The third-order valence-corrected chi connectivity index (χ3v) is 4.18. The number of rotatable bonds is 8.